The van der Waals surface area contributed by atoms with Crippen molar-refractivity contribution in [2.45, 2.75) is 45.7 Å². The Morgan fingerprint density at radius 1 is 1.07 bits per heavy atom. The Bertz CT molecular complexity index is 131. The molecule has 0 radical (unpaired) electrons. The number of aliphatic hydroxyl groups is 2. The SMILES string of the molecule is CC(C)(N)CO.CCNC(C)(C)CO. The van der Waals surface area contributed by atoms with E-state index in [0.29, 0.717) is 0 Å². The molecule has 88 valence electrons. The molecule has 0 bridgehead atoms. The minimum absolute atomic E-state index is 0.0486. The summed E-state index contributed by atoms with van der Waals surface area (Å²) in [6, 6.07) is 0. The fourth-order valence-electron chi connectivity index (χ4n) is 0.534. The second-order valence-corrected chi connectivity index (χ2v) is 4.72. The number of hydrogen-bond acceptors (Lipinski definition) is 4. The summed E-state index contributed by atoms with van der Waals surface area (Å²) in [5, 5.41) is 20.1. The van der Waals surface area contributed by atoms with Crippen LogP contribution in [0.3, 0.4) is 0 Å². The van der Waals surface area contributed by atoms with Crippen molar-refractivity contribution in [3.05, 3.63) is 0 Å². The predicted octanol–water partition coefficient (Wildman–Crippen LogP) is 0.0828. The van der Waals surface area contributed by atoms with Gasteiger partial charge in [0.15, 0.2) is 0 Å². The average molecular weight is 206 g/mol. The molecule has 0 aromatic heterocycles. The van der Waals surface area contributed by atoms with E-state index in [0.717, 1.165) is 6.54 Å². The molecule has 0 aliphatic heterocycles. The molecule has 5 N–H and O–H groups in total. The van der Waals surface area contributed by atoms with Gasteiger partial charge in [-0.3, -0.25) is 0 Å². The molecule has 0 aliphatic rings. The van der Waals surface area contributed by atoms with Crippen LogP contribution in [0.15, 0.2) is 0 Å². The van der Waals surface area contributed by atoms with Crippen molar-refractivity contribution in [3.8, 4) is 0 Å². The molecule has 0 aromatic carbocycles. The molecule has 14 heavy (non-hydrogen) atoms. The molecule has 0 spiro atoms. The quantitative estimate of drug-likeness (QED) is 0.525. The Labute approximate surface area is 87.5 Å². The van der Waals surface area contributed by atoms with Gasteiger partial charge in [-0.2, -0.15) is 0 Å². The third-order valence-electron chi connectivity index (χ3n) is 1.46. The van der Waals surface area contributed by atoms with Gasteiger partial charge in [-0.25, -0.2) is 0 Å². The minimum atomic E-state index is -0.403. The minimum Gasteiger partial charge on any atom is -0.394 e. The zero-order valence-electron chi connectivity index (χ0n) is 10.1. The molecule has 0 aliphatic carbocycles. The maximum Gasteiger partial charge on any atom is 0.0607 e. The van der Waals surface area contributed by atoms with E-state index < -0.39 is 5.54 Å². The smallest absolute Gasteiger partial charge is 0.0607 e. The van der Waals surface area contributed by atoms with Gasteiger partial charge in [0.1, 0.15) is 0 Å². The van der Waals surface area contributed by atoms with Crippen LogP contribution in [0.1, 0.15) is 34.6 Å². The van der Waals surface area contributed by atoms with E-state index in [9.17, 15) is 0 Å². The summed E-state index contributed by atoms with van der Waals surface area (Å²) >= 11 is 0. The summed E-state index contributed by atoms with van der Waals surface area (Å²) in [4.78, 5) is 0. The summed E-state index contributed by atoms with van der Waals surface area (Å²) in [5.41, 5.74) is 4.78. The highest BCUT2D eigenvalue weighted by atomic mass is 16.3. The Morgan fingerprint density at radius 3 is 1.50 bits per heavy atom. The molecule has 4 heteroatoms. The van der Waals surface area contributed by atoms with Crippen molar-refractivity contribution in [2.24, 2.45) is 5.73 Å². The van der Waals surface area contributed by atoms with Crippen LogP contribution in [0.5, 0.6) is 0 Å². The van der Waals surface area contributed by atoms with Crippen LogP contribution in [0.2, 0.25) is 0 Å². The molecule has 0 heterocycles. The van der Waals surface area contributed by atoms with Crippen LogP contribution in [-0.4, -0.2) is 41.0 Å². The standard InChI is InChI=1S/C6H15NO.C4H11NO/c1-4-7-6(2,3)5-8;1-4(2,5)3-6/h7-8H,4-5H2,1-3H3;6H,3,5H2,1-2H3. The van der Waals surface area contributed by atoms with Crippen molar-refractivity contribution >= 4 is 0 Å². The van der Waals surface area contributed by atoms with E-state index in [-0.39, 0.29) is 18.8 Å². The van der Waals surface area contributed by atoms with E-state index in [1.54, 1.807) is 13.8 Å². The van der Waals surface area contributed by atoms with E-state index >= 15 is 0 Å². The first-order valence-corrected chi connectivity index (χ1v) is 4.94. The Hall–Kier alpha value is -0.160. The highest BCUT2D eigenvalue weighted by molar-refractivity contribution is 4.74. The van der Waals surface area contributed by atoms with Crippen LogP contribution in [0, 0.1) is 0 Å². The highest BCUT2D eigenvalue weighted by Crippen LogP contribution is 1.97. The lowest BCUT2D eigenvalue weighted by Crippen LogP contribution is -2.42. The molecular formula is C10H26N2O2. The van der Waals surface area contributed by atoms with Crippen LogP contribution in [0.25, 0.3) is 0 Å². The molecule has 0 atom stereocenters. The summed E-state index contributed by atoms with van der Waals surface area (Å²) in [5.74, 6) is 0. The van der Waals surface area contributed by atoms with Gasteiger partial charge in [-0.1, -0.05) is 6.92 Å². The van der Waals surface area contributed by atoms with Gasteiger partial charge in [-0.15, -0.1) is 0 Å². The second-order valence-electron chi connectivity index (χ2n) is 4.72. The molecule has 0 saturated carbocycles. The first-order valence-electron chi connectivity index (χ1n) is 4.94. The molecule has 0 amide bonds. The number of hydrogen-bond donors (Lipinski definition) is 4. The first kappa shape index (κ1) is 16.3. The van der Waals surface area contributed by atoms with E-state index in [2.05, 4.69) is 5.32 Å². The summed E-state index contributed by atoms with van der Waals surface area (Å²) < 4.78 is 0. The van der Waals surface area contributed by atoms with Gasteiger partial charge in [0, 0.05) is 11.1 Å². The maximum atomic E-state index is 8.66. The lowest BCUT2D eigenvalue weighted by atomic mass is 10.1. The van der Waals surface area contributed by atoms with E-state index in [4.69, 9.17) is 15.9 Å². The molecule has 4 nitrogen and oxygen atoms in total. The van der Waals surface area contributed by atoms with E-state index in [1.165, 1.54) is 0 Å². The van der Waals surface area contributed by atoms with Crippen LogP contribution < -0.4 is 11.1 Å². The number of aliphatic hydroxyl groups excluding tert-OH is 2. The fraction of sp³-hybridized carbons (Fsp3) is 1.00. The van der Waals surface area contributed by atoms with E-state index in [1.807, 2.05) is 20.8 Å². The van der Waals surface area contributed by atoms with Gasteiger partial charge < -0.3 is 21.3 Å². The lowest BCUT2D eigenvalue weighted by Gasteiger charge is -2.21. The molecule has 0 fully saturated rings. The van der Waals surface area contributed by atoms with Crippen molar-refractivity contribution in [2.75, 3.05) is 19.8 Å². The van der Waals surface area contributed by atoms with Gasteiger partial charge in [0.05, 0.1) is 13.2 Å². The average Bonchev–Trinajstić information content (AvgIpc) is 2.04. The third kappa shape index (κ3) is 14.4. The normalized spacial score (nSPS) is 12.0. The zero-order chi connectivity index (χ0) is 11.8. The molecule has 0 unspecified atom stereocenters. The third-order valence-corrected chi connectivity index (χ3v) is 1.46. The predicted molar refractivity (Wildman–Crippen MR) is 60.2 cm³/mol. The molecule has 0 aromatic rings. The molecular weight excluding hydrogens is 180 g/mol. The highest BCUT2D eigenvalue weighted by Gasteiger charge is 2.12. The van der Waals surface area contributed by atoms with Crippen molar-refractivity contribution in [1.29, 1.82) is 0 Å². The number of nitrogens with two attached hydrogens (primary N) is 1. The Balaban J connectivity index is 0. The number of rotatable bonds is 4. The summed E-state index contributed by atoms with van der Waals surface area (Å²) in [6.45, 7) is 10.7. The van der Waals surface area contributed by atoms with Gasteiger partial charge >= 0.3 is 0 Å². The van der Waals surface area contributed by atoms with Crippen molar-refractivity contribution < 1.29 is 10.2 Å². The number of likely N-dealkylation sites (N-methyl/N-ethyl adjacent to an activating group) is 1. The Morgan fingerprint density at radius 2 is 1.43 bits per heavy atom. The summed E-state index contributed by atoms with van der Waals surface area (Å²) in [6.07, 6.45) is 0. The maximum absolute atomic E-state index is 8.66. The van der Waals surface area contributed by atoms with Crippen LogP contribution in [0.4, 0.5) is 0 Å². The van der Waals surface area contributed by atoms with Crippen molar-refractivity contribution in [1.82, 2.24) is 5.32 Å². The number of nitrogens with one attached hydrogen (secondary N) is 1. The lowest BCUT2D eigenvalue weighted by molar-refractivity contribution is 0.191. The summed E-state index contributed by atoms with van der Waals surface area (Å²) in [7, 11) is 0. The Kier molecular flexibility index (Phi) is 8.34. The second kappa shape index (κ2) is 7.17. The fourth-order valence-corrected chi connectivity index (χ4v) is 0.534. The first-order chi connectivity index (χ1) is 6.18. The van der Waals surface area contributed by atoms with Gasteiger partial charge in [-0.05, 0) is 34.2 Å². The molecule has 0 saturated heterocycles. The van der Waals surface area contributed by atoms with Crippen LogP contribution in [-0.2, 0) is 0 Å². The van der Waals surface area contributed by atoms with Crippen LogP contribution >= 0.6 is 0 Å². The van der Waals surface area contributed by atoms with Crippen molar-refractivity contribution in [3.63, 3.8) is 0 Å². The molecule has 0 rings (SSSR count). The zero-order valence-corrected chi connectivity index (χ0v) is 10.1. The largest absolute Gasteiger partial charge is 0.394 e. The van der Waals surface area contributed by atoms with Gasteiger partial charge in [0.25, 0.3) is 0 Å². The van der Waals surface area contributed by atoms with Gasteiger partial charge in [0.2, 0.25) is 0 Å². The monoisotopic (exact) mass is 206 g/mol. The topological polar surface area (TPSA) is 78.5 Å².